The van der Waals surface area contributed by atoms with Crippen molar-refractivity contribution in [3.63, 3.8) is 0 Å². The number of aromatic nitrogens is 1. The van der Waals surface area contributed by atoms with Gasteiger partial charge in [0.15, 0.2) is 0 Å². The van der Waals surface area contributed by atoms with E-state index in [4.69, 9.17) is 22.7 Å². The largest absolute Gasteiger partial charge is 0.492 e. The molecule has 0 amide bonds. The van der Waals surface area contributed by atoms with Gasteiger partial charge in [-0.1, -0.05) is 50.5 Å². The minimum Gasteiger partial charge on any atom is -0.492 e. The molecule has 2 N–H and O–H groups in total. The van der Waals surface area contributed by atoms with Gasteiger partial charge >= 0.3 is 0 Å². The molecule has 1 aromatic carbocycles. The minimum absolute atomic E-state index is 0.326. The zero-order valence-electron chi connectivity index (χ0n) is 11.8. The van der Waals surface area contributed by atoms with Crippen molar-refractivity contribution in [1.29, 1.82) is 0 Å². The maximum absolute atomic E-state index is 5.95. The summed E-state index contributed by atoms with van der Waals surface area (Å²) in [4.78, 5) is 4.70. The molecule has 1 heterocycles. The molecule has 0 aliphatic heterocycles. The van der Waals surface area contributed by atoms with Crippen LogP contribution in [0.15, 0.2) is 30.5 Å². The summed E-state index contributed by atoms with van der Waals surface area (Å²) in [6.45, 7) is 2.88. The van der Waals surface area contributed by atoms with Gasteiger partial charge in [-0.25, -0.2) is 0 Å². The molecule has 3 nitrogen and oxygen atoms in total. The molecule has 1 aromatic heterocycles. The number of nitrogens with two attached hydrogens (primary N) is 1. The lowest BCUT2D eigenvalue weighted by atomic mass is 10.1. The lowest BCUT2D eigenvalue weighted by Gasteiger charge is -2.13. The fourth-order valence-corrected chi connectivity index (χ4v) is 2.30. The van der Waals surface area contributed by atoms with Crippen LogP contribution < -0.4 is 10.5 Å². The Labute approximate surface area is 125 Å². The van der Waals surface area contributed by atoms with E-state index in [0.717, 1.165) is 23.1 Å². The molecule has 0 unspecified atom stereocenters. The Morgan fingerprint density at radius 3 is 2.80 bits per heavy atom. The number of nitrogens with zero attached hydrogens (tertiary/aromatic N) is 1. The molecule has 106 valence electrons. The van der Waals surface area contributed by atoms with Crippen molar-refractivity contribution in [3.05, 3.63) is 36.0 Å². The number of para-hydroxylation sites is 1. The van der Waals surface area contributed by atoms with E-state index in [-0.39, 0.29) is 0 Å². The lowest BCUT2D eigenvalue weighted by molar-refractivity contribution is 0.308. The SMILES string of the molecule is CCCCCCOc1c(C(N)=S)cnc2ccccc12. The van der Waals surface area contributed by atoms with Crippen LogP contribution in [0, 0.1) is 0 Å². The van der Waals surface area contributed by atoms with Crippen LogP contribution in [-0.4, -0.2) is 16.6 Å². The second kappa shape index (κ2) is 7.20. The van der Waals surface area contributed by atoms with E-state index < -0.39 is 0 Å². The quantitative estimate of drug-likeness (QED) is 0.621. The van der Waals surface area contributed by atoms with E-state index in [1.54, 1.807) is 6.20 Å². The molecule has 0 bridgehead atoms. The molecular weight excluding hydrogens is 268 g/mol. The summed E-state index contributed by atoms with van der Waals surface area (Å²) >= 11 is 5.09. The first-order valence-electron chi connectivity index (χ1n) is 7.04. The summed E-state index contributed by atoms with van der Waals surface area (Å²) in [6.07, 6.45) is 6.38. The molecule has 0 radical (unpaired) electrons. The Morgan fingerprint density at radius 1 is 1.25 bits per heavy atom. The summed E-state index contributed by atoms with van der Waals surface area (Å²) in [5.41, 5.74) is 7.38. The maximum atomic E-state index is 5.95. The summed E-state index contributed by atoms with van der Waals surface area (Å²) in [6, 6.07) is 7.88. The van der Waals surface area contributed by atoms with Crippen molar-refractivity contribution < 1.29 is 4.74 Å². The third-order valence-corrected chi connectivity index (χ3v) is 3.46. The van der Waals surface area contributed by atoms with Crippen LogP contribution in [0.3, 0.4) is 0 Å². The van der Waals surface area contributed by atoms with Crippen molar-refractivity contribution >= 4 is 28.1 Å². The van der Waals surface area contributed by atoms with Gasteiger partial charge in [-0.05, 0) is 18.6 Å². The van der Waals surface area contributed by atoms with Crippen LogP contribution in [0.4, 0.5) is 0 Å². The first kappa shape index (κ1) is 14.7. The van der Waals surface area contributed by atoms with Crippen molar-refractivity contribution in [1.82, 2.24) is 4.98 Å². The van der Waals surface area contributed by atoms with Gasteiger partial charge in [0.2, 0.25) is 0 Å². The molecule has 0 atom stereocenters. The number of unbranched alkanes of at least 4 members (excludes halogenated alkanes) is 3. The highest BCUT2D eigenvalue weighted by atomic mass is 32.1. The fourth-order valence-electron chi connectivity index (χ4n) is 2.15. The van der Waals surface area contributed by atoms with Crippen LogP contribution in [0.5, 0.6) is 5.75 Å². The average Bonchev–Trinajstić information content (AvgIpc) is 2.46. The van der Waals surface area contributed by atoms with Gasteiger partial charge in [-0.15, -0.1) is 0 Å². The van der Waals surface area contributed by atoms with Crippen LogP contribution in [0.25, 0.3) is 10.9 Å². The van der Waals surface area contributed by atoms with E-state index in [9.17, 15) is 0 Å². The normalized spacial score (nSPS) is 10.7. The molecular formula is C16H20N2OS. The van der Waals surface area contributed by atoms with Crippen LogP contribution in [0.1, 0.15) is 38.2 Å². The Bertz CT molecular complexity index is 598. The number of hydrogen-bond acceptors (Lipinski definition) is 3. The zero-order valence-corrected chi connectivity index (χ0v) is 12.6. The minimum atomic E-state index is 0.326. The Balaban J connectivity index is 2.23. The van der Waals surface area contributed by atoms with Crippen molar-refractivity contribution in [2.24, 2.45) is 5.73 Å². The highest BCUT2D eigenvalue weighted by molar-refractivity contribution is 7.80. The third-order valence-electron chi connectivity index (χ3n) is 3.24. The highest BCUT2D eigenvalue weighted by Gasteiger charge is 2.11. The van der Waals surface area contributed by atoms with Crippen molar-refractivity contribution in [2.45, 2.75) is 32.6 Å². The second-order valence-corrected chi connectivity index (χ2v) is 5.23. The molecule has 20 heavy (non-hydrogen) atoms. The Hall–Kier alpha value is -1.68. The fraction of sp³-hybridized carbons (Fsp3) is 0.375. The van der Waals surface area contributed by atoms with E-state index in [0.29, 0.717) is 17.2 Å². The Morgan fingerprint density at radius 2 is 2.05 bits per heavy atom. The van der Waals surface area contributed by atoms with Crippen molar-refractivity contribution in [3.8, 4) is 5.75 Å². The molecule has 4 heteroatoms. The number of benzene rings is 1. The van der Waals surface area contributed by atoms with E-state index in [1.165, 1.54) is 19.3 Å². The van der Waals surface area contributed by atoms with Crippen LogP contribution in [0.2, 0.25) is 0 Å². The molecule has 0 spiro atoms. The van der Waals surface area contributed by atoms with Gasteiger partial charge in [0.25, 0.3) is 0 Å². The van der Waals surface area contributed by atoms with E-state index in [2.05, 4.69) is 11.9 Å². The summed E-state index contributed by atoms with van der Waals surface area (Å²) in [5.74, 6) is 0.764. The monoisotopic (exact) mass is 288 g/mol. The van der Waals surface area contributed by atoms with E-state index >= 15 is 0 Å². The molecule has 0 aliphatic rings. The average molecular weight is 288 g/mol. The van der Waals surface area contributed by atoms with Gasteiger partial charge in [-0.2, -0.15) is 0 Å². The standard InChI is InChI=1S/C16H20N2OS/c1-2-3-4-7-10-19-15-12-8-5-6-9-14(12)18-11-13(15)16(17)20/h5-6,8-9,11H,2-4,7,10H2,1H3,(H2,17,20). The number of fused-ring (bicyclic) bond motifs is 1. The predicted molar refractivity (Wildman–Crippen MR) is 87.3 cm³/mol. The Kier molecular flexibility index (Phi) is 5.30. The molecule has 0 fully saturated rings. The molecule has 2 aromatic rings. The summed E-state index contributed by atoms with van der Waals surface area (Å²) in [7, 11) is 0. The first-order chi connectivity index (χ1) is 9.74. The predicted octanol–water partition coefficient (Wildman–Crippen LogP) is 3.83. The van der Waals surface area contributed by atoms with Gasteiger partial charge in [0.05, 0.1) is 17.7 Å². The molecule has 0 aliphatic carbocycles. The maximum Gasteiger partial charge on any atom is 0.140 e. The number of pyridine rings is 1. The topological polar surface area (TPSA) is 48.1 Å². The first-order valence-corrected chi connectivity index (χ1v) is 7.45. The van der Waals surface area contributed by atoms with Crippen LogP contribution in [-0.2, 0) is 0 Å². The number of thiocarbonyl (C=S) groups is 1. The van der Waals surface area contributed by atoms with Crippen molar-refractivity contribution in [2.75, 3.05) is 6.61 Å². The van der Waals surface area contributed by atoms with Crippen LogP contribution >= 0.6 is 12.2 Å². The van der Waals surface area contributed by atoms with Gasteiger partial charge in [0.1, 0.15) is 10.7 Å². The summed E-state index contributed by atoms with van der Waals surface area (Å²) < 4.78 is 5.95. The third kappa shape index (κ3) is 3.45. The number of rotatable bonds is 7. The van der Waals surface area contributed by atoms with Gasteiger partial charge in [0, 0.05) is 11.6 Å². The molecule has 0 saturated heterocycles. The molecule has 0 saturated carbocycles. The van der Waals surface area contributed by atoms with E-state index in [1.807, 2.05) is 24.3 Å². The molecule has 2 rings (SSSR count). The van der Waals surface area contributed by atoms with Gasteiger partial charge < -0.3 is 10.5 Å². The smallest absolute Gasteiger partial charge is 0.140 e. The lowest BCUT2D eigenvalue weighted by Crippen LogP contribution is -2.13. The highest BCUT2D eigenvalue weighted by Crippen LogP contribution is 2.28. The summed E-state index contributed by atoms with van der Waals surface area (Å²) in [5, 5.41) is 0.966. The van der Waals surface area contributed by atoms with Gasteiger partial charge in [-0.3, -0.25) is 4.98 Å². The zero-order chi connectivity index (χ0) is 14.4. The number of hydrogen-bond donors (Lipinski definition) is 1. The number of ether oxygens (including phenoxy) is 1. The second-order valence-electron chi connectivity index (χ2n) is 4.79.